The SMILES string of the molecule is CCNC(=O)C(Cc1ccccc1)N(Cc1c(Cl)cccc1Cl)C(=O)CN(c1ccccc1Cl)S(=O)(=O)c1ccccc1. The van der Waals surface area contributed by atoms with E-state index in [0.29, 0.717) is 22.2 Å². The number of carbonyl (C=O) groups is 2. The standard InChI is InChI=1S/C32H30Cl3N3O4S/c1-2-36-32(40)30(20-23-12-5-3-6-13-23)37(21-25-26(33)17-11-18-27(25)34)31(39)22-38(29-19-10-9-16-28(29)35)43(41,42)24-14-7-4-8-15-24/h3-19,30H,2,20-22H2,1H3,(H,36,40). The van der Waals surface area contributed by atoms with Crippen LogP contribution in [-0.2, 0) is 32.6 Å². The van der Waals surface area contributed by atoms with E-state index in [9.17, 15) is 18.0 Å². The molecule has 0 spiro atoms. The molecule has 0 saturated heterocycles. The molecule has 2 amide bonds. The molecule has 7 nitrogen and oxygen atoms in total. The van der Waals surface area contributed by atoms with Gasteiger partial charge in [-0.3, -0.25) is 13.9 Å². The second-order valence-corrected chi connectivity index (χ2v) is 12.7. The largest absolute Gasteiger partial charge is 0.355 e. The number of amides is 2. The molecule has 0 aliphatic rings. The fourth-order valence-electron chi connectivity index (χ4n) is 4.59. The highest BCUT2D eigenvalue weighted by molar-refractivity contribution is 7.92. The van der Waals surface area contributed by atoms with E-state index in [2.05, 4.69) is 5.32 Å². The molecule has 1 atom stereocenters. The molecular weight excluding hydrogens is 629 g/mol. The molecule has 4 rings (SSSR count). The molecule has 11 heteroatoms. The highest BCUT2D eigenvalue weighted by Crippen LogP contribution is 2.32. The average molecular weight is 659 g/mol. The summed E-state index contributed by atoms with van der Waals surface area (Å²) in [6.07, 6.45) is 0.165. The van der Waals surface area contributed by atoms with Crippen LogP contribution in [0.15, 0.2) is 108 Å². The summed E-state index contributed by atoms with van der Waals surface area (Å²) in [5.74, 6) is -1.05. The lowest BCUT2D eigenvalue weighted by molar-refractivity contribution is -0.140. The number of halogens is 3. The van der Waals surface area contributed by atoms with Gasteiger partial charge >= 0.3 is 0 Å². The van der Waals surface area contributed by atoms with Crippen LogP contribution in [0.1, 0.15) is 18.1 Å². The van der Waals surface area contributed by atoms with Gasteiger partial charge in [0.25, 0.3) is 10.0 Å². The van der Waals surface area contributed by atoms with E-state index < -0.39 is 34.4 Å². The predicted molar refractivity (Wildman–Crippen MR) is 172 cm³/mol. The first kappa shape index (κ1) is 32.4. The van der Waals surface area contributed by atoms with Crippen molar-refractivity contribution in [1.82, 2.24) is 10.2 Å². The van der Waals surface area contributed by atoms with E-state index in [1.807, 2.05) is 30.3 Å². The number of nitrogens with one attached hydrogen (secondary N) is 1. The number of sulfonamides is 1. The summed E-state index contributed by atoms with van der Waals surface area (Å²) in [5, 5.41) is 3.56. The molecule has 0 aromatic heterocycles. The van der Waals surface area contributed by atoms with Crippen molar-refractivity contribution in [3.05, 3.63) is 129 Å². The van der Waals surface area contributed by atoms with Gasteiger partial charge in [0.05, 0.1) is 15.6 Å². The van der Waals surface area contributed by atoms with Crippen LogP contribution in [0.25, 0.3) is 0 Å². The summed E-state index contributed by atoms with van der Waals surface area (Å²) in [7, 11) is -4.26. The minimum absolute atomic E-state index is 0.0204. The topological polar surface area (TPSA) is 86.8 Å². The van der Waals surface area contributed by atoms with Gasteiger partial charge in [-0.15, -0.1) is 0 Å². The second kappa shape index (κ2) is 14.8. The Bertz CT molecular complexity index is 1650. The second-order valence-electron chi connectivity index (χ2n) is 9.60. The van der Waals surface area contributed by atoms with Gasteiger partial charge in [0.15, 0.2) is 0 Å². The molecule has 0 heterocycles. The van der Waals surface area contributed by atoms with Gasteiger partial charge in [0.2, 0.25) is 11.8 Å². The van der Waals surface area contributed by atoms with Crippen molar-refractivity contribution in [1.29, 1.82) is 0 Å². The molecule has 0 radical (unpaired) electrons. The third kappa shape index (κ3) is 7.89. The summed E-state index contributed by atoms with van der Waals surface area (Å²) >= 11 is 19.5. The number of rotatable bonds is 12. The number of likely N-dealkylation sites (N-methyl/N-ethyl adjacent to an activating group) is 1. The minimum Gasteiger partial charge on any atom is -0.355 e. The van der Waals surface area contributed by atoms with Crippen molar-refractivity contribution in [3.8, 4) is 0 Å². The van der Waals surface area contributed by atoms with Crippen LogP contribution >= 0.6 is 34.8 Å². The van der Waals surface area contributed by atoms with Crippen molar-refractivity contribution in [3.63, 3.8) is 0 Å². The summed E-state index contributed by atoms with van der Waals surface area (Å²) < 4.78 is 28.9. The Hall–Kier alpha value is -3.56. The Kier molecular flexibility index (Phi) is 11.1. The molecule has 0 saturated carbocycles. The third-order valence-electron chi connectivity index (χ3n) is 6.74. The Morgan fingerprint density at radius 1 is 0.767 bits per heavy atom. The number of benzene rings is 4. The van der Waals surface area contributed by atoms with Gasteiger partial charge in [0.1, 0.15) is 12.6 Å². The number of hydrogen-bond acceptors (Lipinski definition) is 4. The number of nitrogens with zero attached hydrogens (tertiary/aromatic N) is 2. The molecule has 0 fully saturated rings. The lowest BCUT2D eigenvalue weighted by Crippen LogP contribution is -2.53. The van der Waals surface area contributed by atoms with Gasteiger partial charge in [-0.05, 0) is 48.9 Å². The van der Waals surface area contributed by atoms with Gasteiger partial charge in [0, 0.05) is 35.1 Å². The summed E-state index contributed by atoms with van der Waals surface area (Å²) in [4.78, 5) is 29.3. The van der Waals surface area contributed by atoms with E-state index in [1.54, 1.807) is 61.5 Å². The Balaban J connectivity index is 1.83. The van der Waals surface area contributed by atoms with Gasteiger partial charge in [-0.2, -0.15) is 0 Å². The molecule has 43 heavy (non-hydrogen) atoms. The van der Waals surface area contributed by atoms with Crippen molar-refractivity contribution < 1.29 is 18.0 Å². The fourth-order valence-corrected chi connectivity index (χ4v) is 6.85. The first-order chi connectivity index (χ1) is 20.6. The zero-order valence-corrected chi connectivity index (χ0v) is 26.4. The van der Waals surface area contributed by atoms with E-state index in [1.165, 1.54) is 23.1 Å². The summed E-state index contributed by atoms with van der Waals surface area (Å²) in [6.45, 7) is 1.31. The van der Waals surface area contributed by atoms with Crippen molar-refractivity contribution in [2.24, 2.45) is 0 Å². The molecular formula is C32H30Cl3N3O4S. The first-order valence-electron chi connectivity index (χ1n) is 13.5. The van der Waals surface area contributed by atoms with Crippen LogP contribution in [0, 0.1) is 0 Å². The van der Waals surface area contributed by atoms with E-state index in [4.69, 9.17) is 34.8 Å². The van der Waals surface area contributed by atoms with Gasteiger partial charge < -0.3 is 10.2 Å². The molecule has 1 unspecified atom stereocenters. The smallest absolute Gasteiger partial charge is 0.264 e. The monoisotopic (exact) mass is 657 g/mol. The molecule has 224 valence electrons. The zero-order valence-electron chi connectivity index (χ0n) is 23.3. The lowest BCUT2D eigenvalue weighted by atomic mass is 10.0. The van der Waals surface area contributed by atoms with Crippen LogP contribution in [0.5, 0.6) is 0 Å². The number of para-hydroxylation sites is 1. The van der Waals surface area contributed by atoms with Crippen LogP contribution in [0.2, 0.25) is 15.1 Å². The highest BCUT2D eigenvalue weighted by Gasteiger charge is 2.35. The summed E-state index contributed by atoms with van der Waals surface area (Å²) in [6, 6.07) is 27.3. The van der Waals surface area contributed by atoms with E-state index in [0.717, 1.165) is 9.87 Å². The first-order valence-corrected chi connectivity index (χ1v) is 16.1. The molecule has 4 aromatic rings. The Morgan fingerprint density at radius 3 is 1.93 bits per heavy atom. The number of hydrogen-bond donors (Lipinski definition) is 1. The predicted octanol–water partition coefficient (Wildman–Crippen LogP) is 6.62. The van der Waals surface area contributed by atoms with Gasteiger partial charge in [-0.1, -0.05) is 102 Å². The Morgan fingerprint density at radius 2 is 1.33 bits per heavy atom. The van der Waals surface area contributed by atoms with Crippen LogP contribution in [-0.4, -0.2) is 44.3 Å². The lowest BCUT2D eigenvalue weighted by Gasteiger charge is -2.34. The van der Waals surface area contributed by atoms with E-state index >= 15 is 0 Å². The van der Waals surface area contributed by atoms with Crippen LogP contribution < -0.4 is 9.62 Å². The third-order valence-corrected chi connectivity index (χ3v) is 9.55. The number of anilines is 1. The van der Waals surface area contributed by atoms with Gasteiger partial charge in [-0.25, -0.2) is 8.42 Å². The molecule has 0 aliphatic heterocycles. The quantitative estimate of drug-likeness (QED) is 0.185. The highest BCUT2D eigenvalue weighted by atomic mass is 35.5. The van der Waals surface area contributed by atoms with Crippen molar-refractivity contribution >= 4 is 62.3 Å². The van der Waals surface area contributed by atoms with Crippen LogP contribution in [0.4, 0.5) is 5.69 Å². The maximum atomic E-state index is 14.4. The number of carbonyl (C=O) groups excluding carboxylic acids is 2. The molecule has 1 N–H and O–H groups in total. The fraction of sp³-hybridized carbons (Fsp3) is 0.188. The molecule has 4 aromatic carbocycles. The average Bonchev–Trinajstić information content (AvgIpc) is 3.00. The molecule has 0 aliphatic carbocycles. The van der Waals surface area contributed by atoms with Crippen LogP contribution in [0.3, 0.4) is 0 Å². The molecule has 0 bridgehead atoms. The zero-order chi connectivity index (χ0) is 31.0. The minimum atomic E-state index is -4.26. The van der Waals surface area contributed by atoms with Crippen molar-refractivity contribution in [2.75, 3.05) is 17.4 Å². The maximum absolute atomic E-state index is 14.4. The maximum Gasteiger partial charge on any atom is 0.264 e. The Labute approximate surface area is 267 Å². The summed E-state index contributed by atoms with van der Waals surface area (Å²) in [5.41, 5.74) is 1.35. The van der Waals surface area contributed by atoms with E-state index in [-0.39, 0.29) is 28.6 Å². The van der Waals surface area contributed by atoms with Crippen molar-refractivity contribution in [2.45, 2.75) is 30.8 Å². The normalized spacial score (nSPS) is 11.9.